The molecule has 1 unspecified atom stereocenters. The zero-order valence-electron chi connectivity index (χ0n) is 24.0. The van der Waals surface area contributed by atoms with Crippen LogP contribution in [0.25, 0.3) is 11.3 Å². The maximum absolute atomic E-state index is 13.2. The minimum atomic E-state index is -0.148. The van der Waals surface area contributed by atoms with Gasteiger partial charge in [0.25, 0.3) is 0 Å². The fourth-order valence-corrected chi connectivity index (χ4v) is 6.35. The van der Waals surface area contributed by atoms with Crippen molar-refractivity contribution >= 4 is 34.7 Å². The smallest absolute Gasteiger partial charge is 0.247 e. The molecule has 3 aromatic rings. The number of benzene rings is 1. The Morgan fingerprint density at radius 1 is 1.29 bits per heavy atom. The first-order valence-electron chi connectivity index (χ1n) is 14.3. The number of halogens is 1. The lowest BCUT2D eigenvalue weighted by Gasteiger charge is -2.22. The van der Waals surface area contributed by atoms with Gasteiger partial charge in [-0.15, -0.1) is 0 Å². The monoisotopic (exact) mass is 583 g/mol. The third-order valence-electron chi connectivity index (χ3n) is 8.17. The summed E-state index contributed by atoms with van der Waals surface area (Å²) in [5, 5.41) is 3.93. The first kappa shape index (κ1) is 28.1. The minimum absolute atomic E-state index is 0.0186. The number of nitrogens with one attached hydrogen (secondary N) is 2. The van der Waals surface area contributed by atoms with E-state index < -0.39 is 0 Å². The van der Waals surface area contributed by atoms with Gasteiger partial charge in [-0.2, -0.15) is 0 Å². The number of aromatic nitrogens is 2. The molecule has 2 N–H and O–H groups in total. The van der Waals surface area contributed by atoms with Gasteiger partial charge in [0, 0.05) is 48.7 Å². The molecule has 9 heteroatoms. The van der Waals surface area contributed by atoms with E-state index in [4.69, 9.17) is 16.3 Å². The number of likely N-dealkylation sites (N-methyl/N-ethyl adjacent to an activating group) is 1. The maximum Gasteiger partial charge on any atom is 0.247 e. The molecule has 42 heavy (non-hydrogen) atoms. The fourth-order valence-electron chi connectivity index (χ4n) is 6.10. The number of aryl methyl sites for hydroxylation is 1. The van der Waals surface area contributed by atoms with E-state index in [0.29, 0.717) is 46.6 Å². The number of hydrogen-bond acceptors (Lipinski definition) is 6. The zero-order valence-corrected chi connectivity index (χ0v) is 24.8. The Bertz CT molecular complexity index is 1630. The van der Waals surface area contributed by atoms with Gasteiger partial charge >= 0.3 is 0 Å². The number of methoxy groups -OCH3 is 1. The van der Waals surface area contributed by atoms with Crippen LogP contribution >= 0.6 is 11.6 Å². The molecule has 2 fully saturated rings. The number of ether oxygens (including phenoxy) is 1. The number of pyridine rings is 1. The number of anilines is 2. The molecule has 6 rings (SSSR count). The molecule has 1 amide bonds. The van der Waals surface area contributed by atoms with Gasteiger partial charge in [-0.05, 0) is 63.9 Å². The number of amides is 1. The molecular formula is C33H34ClN5O3. The van der Waals surface area contributed by atoms with E-state index in [9.17, 15) is 9.59 Å². The summed E-state index contributed by atoms with van der Waals surface area (Å²) < 4.78 is 5.58. The van der Waals surface area contributed by atoms with Crippen molar-refractivity contribution in [3.05, 3.63) is 70.7 Å². The average molecular weight is 584 g/mol. The van der Waals surface area contributed by atoms with E-state index in [2.05, 4.69) is 27.1 Å². The Kier molecular flexibility index (Phi) is 7.80. The van der Waals surface area contributed by atoms with Crippen molar-refractivity contribution in [1.29, 1.82) is 0 Å². The molecule has 3 atom stereocenters. The Morgan fingerprint density at radius 2 is 2.14 bits per heavy atom. The quantitative estimate of drug-likeness (QED) is 0.284. The summed E-state index contributed by atoms with van der Waals surface area (Å²) in [6, 6.07) is 7.51. The second kappa shape index (κ2) is 11.7. The lowest BCUT2D eigenvalue weighted by molar-refractivity contribution is -0.126. The van der Waals surface area contributed by atoms with Crippen LogP contribution in [0.2, 0.25) is 5.02 Å². The zero-order chi connectivity index (χ0) is 29.4. The Morgan fingerprint density at radius 3 is 2.95 bits per heavy atom. The highest BCUT2D eigenvalue weighted by Crippen LogP contribution is 2.48. The van der Waals surface area contributed by atoms with Crippen LogP contribution in [0.1, 0.15) is 47.3 Å². The predicted molar refractivity (Wildman–Crippen MR) is 164 cm³/mol. The van der Waals surface area contributed by atoms with Crippen molar-refractivity contribution in [3.8, 4) is 28.8 Å². The van der Waals surface area contributed by atoms with Gasteiger partial charge < -0.3 is 24.8 Å². The molecule has 3 heterocycles. The van der Waals surface area contributed by atoms with E-state index in [1.165, 1.54) is 0 Å². The fraction of sp³-hybridized carbons (Fsp3) is 0.364. The summed E-state index contributed by atoms with van der Waals surface area (Å²) in [5.74, 6) is 7.88. The summed E-state index contributed by atoms with van der Waals surface area (Å²) in [6.45, 7) is 0.711. The standard InChI is InChI=1S/C33H34ClN5O3/c1-38(2)16-6-11-29(41)39-22(17-21-18-27(21)39)13-12-20-19-35-15-14-23(20)31-32(30-25(36-31)8-5-10-28(30)40)37-26-9-4-7-24(34)33(26)42-3/h4,6-7,9,11,14-15,19,21-22,27,36-37H,5,8,10,16-18H2,1-3H3/b11-6+/t21?,22-,27-/m1/s1. The number of carbonyl (C=O) groups is 2. The van der Waals surface area contributed by atoms with E-state index in [0.717, 1.165) is 48.2 Å². The molecule has 1 saturated heterocycles. The van der Waals surface area contributed by atoms with Gasteiger partial charge in [0.05, 0.1) is 46.4 Å². The van der Waals surface area contributed by atoms with Crippen molar-refractivity contribution in [2.75, 3.05) is 33.1 Å². The van der Waals surface area contributed by atoms with Gasteiger partial charge in [-0.3, -0.25) is 14.6 Å². The van der Waals surface area contributed by atoms with Gasteiger partial charge in [-0.25, -0.2) is 0 Å². The highest BCUT2D eigenvalue weighted by atomic mass is 35.5. The summed E-state index contributed by atoms with van der Waals surface area (Å²) >= 11 is 6.42. The number of carbonyl (C=O) groups excluding carboxylic acids is 2. The number of Topliss-reactive ketones (excluding diaryl/α,β-unsaturated/α-hetero) is 1. The number of H-pyrrole nitrogens is 1. The van der Waals surface area contributed by atoms with Crippen LogP contribution in [0.3, 0.4) is 0 Å². The van der Waals surface area contributed by atoms with E-state index >= 15 is 0 Å². The van der Waals surface area contributed by atoms with Crippen LogP contribution in [0.15, 0.2) is 48.8 Å². The third kappa shape index (κ3) is 5.42. The lowest BCUT2D eigenvalue weighted by atomic mass is 9.94. The average Bonchev–Trinajstić information content (AvgIpc) is 3.47. The first-order valence-corrected chi connectivity index (χ1v) is 14.7. The Balaban J connectivity index is 1.37. The van der Waals surface area contributed by atoms with Crippen molar-refractivity contribution in [2.24, 2.45) is 5.92 Å². The van der Waals surface area contributed by atoms with Crippen LogP contribution in [-0.4, -0.2) is 71.3 Å². The maximum atomic E-state index is 13.2. The summed E-state index contributed by atoms with van der Waals surface area (Å²) in [4.78, 5) is 38.1. The number of likely N-dealkylation sites (tertiary alicyclic amines) is 1. The predicted octanol–water partition coefficient (Wildman–Crippen LogP) is 5.46. The topological polar surface area (TPSA) is 90.6 Å². The summed E-state index contributed by atoms with van der Waals surface area (Å²) in [7, 11) is 5.52. The molecule has 216 valence electrons. The molecular weight excluding hydrogens is 550 g/mol. The van der Waals surface area contributed by atoms with E-state index in [-0.39, 0.29) is 23.8 Å². The number of rotatable bonds is 7. The molecule has 0 radical (unpaired) electrons. The molecule has 0 bridgehead atoms. The Hall–Kier alpha value is -4.06. The molecule has 2 aromatic heterocycles. The SMILES string of the molecule is COc1c(Cl)cccc1Nc1c(-c2ccncc2C#C[C@@H]2CC3C[C@H]3N2C(=O)/C=C/CN(C)C)[nH]c2c1C(=O)CCC2. The third-order valence-corrected chi connectivity index (χ3v) is 8.47. The van der Waals surface area contributed by atoms with Crippen LogP contribution in [0.5, 0.6) is 5.75 Å². The normalized spacial score (nSPS) is 20.7. The Labute approximate surface area is 251 Å². The van der Waals surface area contributed by atoms with Gasteiger partial charge in [-0.1, -0.05) is 35.6 Å². The van der Waals surface area contributed by atoms with Crippen LogP contribution in [0, 0.1) is 17.8 Å². The van der Waals surface area contributed by atoms with Crippen molar-refractivity contribution in [1.82, 2.24) is 19.8 Å². The molecule has 3 aliphatic rings. The van der Waals surface area contributed by atoms with E-state index in [1.807, 2.05) is 48.2 Å². The van der Waals surface area contributed by atoms with Crippen molar-refractivity contribution in [2.45, 2.75) is 44.2 Å². The van der Waals surface area contributed by atoms with Crippen LogP contribution in [0.4, 0.5) is 11.4 Å². The number of nitrogens with zero attached hydrogens (tertiary/aromatic N) is 3. The number of aromatic amines is 1. The minimum Gasteiger partial charge on any atom is -0.493 e. The largest absolute Gasteiger partial charge is 0.493 e. The van der Waals surface area contributed by atoms with Gasteiger partial charge in [0.2, 0.25) is 5.91 Å². The lowest BCUT2D eigenvalue weighted by Crippen LogP contribution is -2.36. The summed E-state index contributed by atoms with van der Waals surface area (Å²) in [5.41, 5.74) is 5.21. The van der Waals surface area contributed by atoms with Gasteiger partial charge in [0.1, 0.15) is 0 Å². The van der Waals surface area contributed by atoms with Crippen molar-refractivity contribution < 1.29 is 14.3 Å². The van der Waals surface area contributed by atoms with Crippen LogP contribution < -0.4 is 10.1 Å². The second-order valence-electron chi connectivity index (χ2n) is 11.4. The van der Waals surface area contributed by atoms with Gasteiger partial charge in [0.15, 0.2) is 11.5 Å². The summed E-state index contributed by atoms with van der Waals surface area (Å²) in [6.07, 6.45) is 11.0. The van der Waals surface area contributed by atoms with Crippen LogP contribution in [-0.2, 0) is 11.2 Å². The first-order chi connectivity index (χ1) is 20.4. The number of fused-ring (bicyclic) bond motifs is 2. The number of ketones is 1. The molecule has 1 aromatic carbocycles. The number of para-hydroxylation sites is 1. The molecule has 0 spiro atoms. The van der Waals surface area contributed by atoms with Crippen molar-refractivity contribution in [3.63, 3.8) is 0 Å². The molecule has 1 aliphatic heterocycles. The second-order valence-corrected chi connectivity index (χ2v) is 11.8. The highest BCUT2D eigenvalue weighted by Gasteiger charge is 2.53. The highest BCUT2D eigenvalue weighted by molar-refractivity contribution is 6.32. The molecule has 2 aliphatic carbocycles. The number of hydrogen-bond donors (Lipinski definition) is 2. The molecule has 8 nitrogen and oxygen atoms in total. The van der Waals surface area contributed by atoms with E-state index in [1.54, 1.807) is 31.6 Å². The number of piperidine rings is 1. The molecule has 1 saturated carbocycles.